The molecule has 3 atom stereocenters. The van der Waals surface area contributed by atoms with Crippen molar-refractivity contribution in [1.29, 1.82) is 0 Å². The van der Waals surface area contributed by atoms with Gasteiger partial charge in [0, 0.05) is 18.8 Å². The molecule has 0 spiro atoms. The molecule has 1 aromatic rings. The highest BCUT2D eigenvalue weighted by molar-refractivity contribution is 5.92. The Kier molecular flexibility index (Phi) is 7.11. The highest BCUT2D eigenvalue weighted by Gasteiger charge is 2.34. The SMILES string of the molecule is CCCOc1ccc(OCCC)c(NCC2=C(C)C3C(N)=NC(N)NC3N=C2)c1. The molecule has 0 aliphatic carbocycles. The molecule has 8 nitrogen and oxygen atoms in total. The van der Waals surface area contributed by atoms with Gasteiger partial charge >= 0.3 is 0 Å². The molecule has 29 heavy (non-hydrogen) atoms. The maximum absolute atomic E-state index is 6.15. The minimum Gasteiger partial charge on any atom is -0.494 e. The number of ether oxygens (including phenoxy) is 2. The first-order chi connectivity index (χ1) is 14.0. The number of fused-ring (bicyclic) bond motifs is 1. The summed E-state index contributed by atoms with van der Waals surface area (Å²) in [7, 11) is 0. The maximum atomic E-state index is 6.15. The van der Waals surface area contributed by atoms with E-state index < -0.39 is 6.29 Å². The topological polar surface area (TPSA) is 119 Å². The van der Waals surface area contributed by atoms with Gasteiger partial charge in [0.25, 0.3) is 0 Å². The summed E-state index contributed by atoms with van der Waals surface area (Å²) in [6.45, 7) is 8.18. The van der Waals surface area contributed by atoms with Gasteiger partial charge in [-0.1, -0.05) is 19.4 Å². The van der Waals surface area contributed by atoms with Gasteiger partial charge in [0.1, 0.15) is 23.5 Å². The highest BCUT2D eigenvalue weighted by atomic mass is 16.5. The van der Waals surface area contributed by atoms with Crippen LogP contribution in [0.4, 0.5) is 5.69 Å². The standard InChI is InChI=1S/C21H32N6O2/c1-4-8-28-15-6-7-17(29-9-5-2)16(10-15)24-11-14-12-25-20-18(13(14)3)19(22)26-21(23)27-20/h6-7,10,12,18,20-21,24,27H,4-5,8-9,11,23H2,1-3H3,(H2,22,26). The van der Waals surface area contributed by atoms with Crippen LogP contribution in [0, 0.1) is 5.92 Å². The van der Waals surface area contributed by atoms with Crippen molar-refractivity contribution in [2.45, 2.75) is 46.1 Å². The van der Waals surface area contributed by atoms with Crippen molar-refractivity contribution in [1.82, 2.24) is 5.32 Å². The second-order valence-corrected chi connectivity index (χ2v) is 7.28. The molecular formula is C21H32N6O2. The molecular weight excluding hydrogens is 368 g/mol. The quantitative estimate of drug-likeness (QED) is 0.505. The van der Waals surface area contributed by atoms with E-state index in [4.69, 9.17) is 20.9 Å². The smallest absolute Gasteiger partial charge is 0.154 e. The van der Waals surface area contributed by atoms with Crippen molar-refractivity contribution in [2.75, 3.05) is 25.1 Å². The van der Waals surface area contributed by atoms with E-state index in [1.54, 1.807) is 0 Å². The fourth-order valence-electron chi connectivity index (χ4n) is 3.44. The molecule has 0 saturated carbocycles. The Morgan fingerprint density at radius 2 is 1.93 bits per heavy atom. The monoisotopic (exact) mass is 400 g/mol. The molecule has 3 rings (SSSR count). The molecule has 2 aliphatic rings. The zero-order valence-corrected chi connectivity index (χ0v) is 17.4. The van der Waals surface area contributed by atoms with Crippen LogP contribution < -0.4 is 31.6 Å². The van der Waals surface area contributed by atoms with Crippen molar-refractivity contribution in [2.24, 2.45) is 27.4 Å². The van der Waals surface area contributed by atoms with Gasteiger partial charge in [-0.3, -0.25) is 16.0 Å². The third-order valence-corrected chi connectivity index (χ3v) is 4.98. The van der Waals surface area contributed by atoms with Gasteiger partial charge in [-0.25, -0.2) is 4.99 Å². The molecule has 8 heteroatoms. The number of anilines is 1. The van der Waals surface area contributed by atoms with Gasteiger partial charge in [-0.05, 0) is 37.5 Å². The van der Waals surface area contributed by atoms with Gasteiger partial charge in [0.05, 0.1) is 24.8 Å². The van der Waals surface area contributed by atoms with Gasteiger partial charge < -0.3 is 20.5 Å². The summed E-state index contributed by atoms with van der Waals surface area (Å²) >= 11 is 0. The van der Waals surface area contributed by atoms with Crippen LogP contribution in [0.5, 0.6) is 11.5 Å². The summed E-state index contributed by atoms with van der Waals surface area (Å²) in [5.74, 6) is 2.08. The third kappa shape index (κ3) is 5.07. The maximum Gasteiger partial charge on any atom is 0.154 e. The van der Waals surface area contributed by atoms with E-state index >= 15 is 0 Å². The minimum atomic E-state index is -0.509. The van der Waals surface area contributed by atoms with Crippen LogP contribution in [-0.2, 0) is 0 Å². The normalized spacial score (nSPS) is 23.4. The van der Waals surface area contributed by atoms with Crippen LogP contribution in [0.15, 0.2) is 39.3 Å². The number of hydrogen-bond acceptors (Lipinski definition) is 8. The van der Waals surface area contributed by atoms with Crippen molar-refractivity contribution < 1.29 is 9.47 Å². The Bertz CT molecular complexity index is 804. The Hall–Kier alpha value is -2.58. The van der Waals surface area contributed by atoms with E-state index in [0.29, 0.717) is 25.6 Å². The zero-order chi connectivity index (χ0) is 20.8. The first-order valence-electron chi connectivity index (χ1n) is 10.2. The second-order valence-electron chi connectivity index (χ2n) is 7.28. The average molecular weight is 401 g/mol. The van der Waals surface area contributed by atoms with Gasteiger partial charge in [-0.2, -0.15) is 0 Å². The van der Waals surface area contributed by atoms with E-state index in [9.17, 15) is 0 Å². The summed E-state index contributed by atoms with van der Waals surface area (Å²) in [6.07, 6.45) is 3.11. The number of nitrogens with two attached hydrogens (primary N) is 2. The van der Waals surface area contributed by atoms with Crippen LogP contribution in [-0.4, -0.2) is 44.3 Å². The number of dihydropyridines is 1. The lowest BCUT2D eigenvalue weighted by molar-refractivity contribution is 0.310. The van der Waals surface area contributed by atoms with Crippen molar-refractivity contribution in [3.8, 4) is 11.5 Å². The lowest BCUT2D eigenvalue weighted by atomic mass is 9.88. The van der Waals surface area contributed by atoms with Gasteiger partial charge in [0.2, 0.25) is 0 Å². The van der Waals surface area contributed by atoms with Crippen molar-refractivity contribution >= 4 is 17.7 Å². The summed E-state index contributed by atoms with van der Waals surface area (Å²) in [4.78, 5) is 8.85. The first kappa shape index (κ1) is 21.1. The van der Waals surface area contributed by atoms with Gasteiger partial charge in [0.15, 0.2) is 6.29 Å². The molecule has 2 aliphatic heterocycles. The lowest BCUT2D eigenvalue weighted by Gasteiger charge is -2.35. The van der Waals surface area contributed by atoms with Crippen LogP contribution in [0.2, 0.25) is 0 Å². The summed E-state index contributed by atoms with van der Waals surface area (Å²) in [6, 6.07) is 5.87. The van der Waals surface area contributed by atoms with Crippen LogP contribution in [0.3, 0.4) is 0 Å². The molecule has 158 valence electrons. The Morgan fingerprint density at radius 3 is 2.69 bits per heavy atom. The van der Waals surface area contributed by atoms with Crippen LogP contribution in [0.25, 0.3) is 0 Å². The van der Waals surface area contributed by atoms with E-state index in [1.807, 2.05) is 24.4 Å². The van der Waals surface area contributed by atoms with Crippen LogP contribution >= 0.6 is 0 Å². The third-order valence-electron chi connectivity index (χ3n) is 4.98. The first-order valence-corrected chi connectivity index (χ1v) is 10.2. The van der Waals surface area contributed by atoms with Crippen molar-refractivity contribution in [3.05, 3.63) is 29.3 Å². The summed E-state index contributed by atoms with van der Waals surface area (Å²) in [5.41, 5.74) is 15.1. The fraction of sp³-hybridized carbons (Fsp3) is 0.524. The predicted octanol–water partition coefficient (Wildman–Crippen LogP) is 2.22. The van der Waals surface area contributed by atoms with E-state index in [-0.39, 0.29) is 12.1 Å². The molecule has 0 saturated heterocycles. The molecule has 1 aromatic carbocycles. The highest BCUT2D eigenvalue weighted by Crippen LogP contribution is 2.31. The zero-order valence-electron chi connectivity index (χ0n) is 17.4. The average Bonchev–Trinajstić information content (AvgIpc) is 2.70. The number of nitrogens with one attached hydrogen (secondary N) is 2. The Balaban J connectivity index is 1.77. The number of rotatable bonds is 9. The molecule has 6 N–H and O–H groups in total. The van der Waals surface area contributed by atoms with Crippen molar-refractivity contribution in [3.63, 3.8) is 0 Å². The lowest BCUT2D eigenvalue weighted by Crippen LogP contribution is -2.55. The fourth-order valence-corrected chi connectivity index (χ4v) is 3.44. The van der Waals surface area contributed by atoms with Crippen LogP contribution in [0.1, 0.15) is 33.6 Å². The molecule has 2 heterocycles. The van der Waals surface area contributed by atoms with Gasteiger partial charge in [-0.15, -0.1) is 0 Å². The molecule has 0 bridgehead atoms. The summed E-state index contributed by atoms with van der Waals surface area (Å²) in [5, 5.41) is 6.63. The molecule has 0 amide bonds. The number of aliphatic imine (C=N–C) groups is 2. The minimum absolute atomic E-state index is 0.0772. The molecule has 0 radical (unpaired) electrons. The Morgan fingerprint density at radius 1 is 1.17 bits per heavy atom. The number of benzene rings is 1. The van der Waals surface area contributed by atoms with E-state index in [1.165, 1.54) is 0 Å². The number of amidine groups is 1. The van der Waals surface area contributed by atoms with E-state index in [2.05, 4.69) is 41.4 Å². The number of hydrogen-bond donors (Lipinski definition) is 4. The predicted molar refractivity (Wildman–Crippen MR) is 118 cm³/mol. The molecule has 0 aromatic heterocycles. The summed E-state index contributed by atoms with van der Waals surface area (Å²) < 4.78 is 11.7. The second kappa shape index (κ2) is 9.76. The molecule has 3 unspecified atom stereocenters. The molecule has 0 fully saturated rings. The largest absolute Gasteiger partial charge is 0.494 e. The number of nitrogens with zero attached hydrogens (tertiary/aromatic N) is 2. The Labute approximate surface area is 172 Å². The van der Waals surface area contributed by atoms with E-state index in [0.717, 1.165) is 41.2 Å².